The van der Waals surface area contributed by atoms with E-state index in [1.807, 2.05) is 0 Å². The van der Waals surface area contributed by atoms with E-state index >= 15 is 0 Å². The molecule has 2 rings (SSSR count). The van der Waals surface area contributed by atoms with Gasteiger partial charge in [-0.15, -0.1) is 11.6 Å². The Kier molecular flexibility index (Phi) is 4.90. The molecule has 98 valence electrons. The van der Waals surface area contributed by atoms with Crippen molar-refractivity contribution in [2.45, 2.75) is 5.38 Å². The normalized spacial score (nSPS) is 17.6. The fourth-order valence-corrected chi connectivity index (χ4v) is 2.47. The van der Waals surface area contributed by atoms with Crippen LogP contribution in [0.15, 0.2) is 22.7 Å². The number of benzene rings is 1. The van der Waals surface area contributed by atoms with Gasteiger partial charge in [-0.05, 0) is 33.6 Å². The summed E-state index contributed by atoms with van der Waals surface area (Å²) >= 11 is 15.5. The monoisotopic (exact) mass is 351 g/mol. The van der Waals surface area contributed by atoms with Gasteiger partial charge in [0.2, 0.25) is 5.91 Å². The Morgan fingerprint density at radius 2 is 2.06 bits per heavy atom. The van der Waals surface area contributed by atoms with Gasteiger partial charge in [0, 0.05) is 17.6 Å². The zero-order valence-corrected chi connectivity index (χ0v) is 12.6. The Bertz CT molecular complexity index is 450. The quantitative estimate of drug-likeness (QED) is 0.764. The standard InChI is InChI=1S/C12H12BrCl2NO2/c13-9-2-1-8(7-10(9)14)11(15)12(17)16-3-5-18-6-4-16/h1-2,7,11H,3-6H2. The second-order valence-electron chi connectivity index (χ2n) is 3.97. The molecule has 3 nitrogen and oxygen atoms in total. The lowest BCUT2D eigenvalue weighted by Crippen LogP contribution is -2.42. The molecule has 1 aliphatic rings. The molecule has 1 heterocycles. The Morgan fingerprint density at radius 3 is 2.67 bits per heavy atom. The highest BCUT2D eigenvalue weighted by molar-refractivity contribution is 9.10. The third-order valence-electron chi connectivity index (χ3n) is 2.78. The predicted molar refractivity (Wildman–Crippen MR) is 75.1 cm³/mol. The number of hydrogen-bond acceptors (Lipinski definition) is 2. The van der Waals surface area contributed by atoms with Gasteiger partial charge >= 0.3 is 0 Å². The third kappa shape index (κ3) is 3.18. The summed E-state index contributed by atoms with van der Waals surface area (Å²) in [5.74, 6) is -0.0987. The van der Waals surface area contributed by atoms with Gasteiger partial charge in [0.1, 0.15) is 5.38 Å². The number of amides is 1. The van der Waals surface area contributed by atoms with Crippen molar-refractivity contribution >= 4 is 45.0 Å². The Morgan fingerprint density at radius 1 is 1.39 bits per heavy atom. The number of alkyl halides is 1. The SMILES string of the molecule is O=C(C(Cl)c1ccc(Br)c(Cl)c1)N1CCOCC1. The van der Waals surface area contributed by atoms with Crippen molar-refractivity contribution in [2.24, 2.45) is 0 Å². The average Bonchev–Trinajstić information content (AvgIpc) is 2.41. The molecule has 0 bridgehead atoms. The van der Waals surface area contributed by atoms with Gasteiger partial charge in [-0.3, -0.25) is 4.79 Å². The van der Waals surface area contributed by atoms with Gasteiger partial charge < -0.3 is 9.64 Å². The molecule has 1 unspecified atom stereocenters. The first-order valence-electron chi connectivity index (χ1n) is 5.55. The maximum Gasteiger partial charge on any atom is 0.245 e. The van der Waals surface area contributed by atoms with Gasteiger partial charge in [-0.1, -0.05) is 17.7 Å². The van der Waals surface area contributed by atoms with Crippen molar-refractivity contribution in [1.82, 2.24) is 4.90 Å². The summed E-state index contributed by atoms with van der Waals surface area (Å²) in [5.41, 5.74) is 0.710. The molecule has 0 radical (unpaired) electrons. The number of halogens is 3. The van der Waals surface area contributed by atoms with Crippen LogP contribution in [0.4, 0.5) is 0 Å². The van der Waals surface area contributed by atoms with E-state index in [9.17, 15) is 4.79 Å². The number of hydrogen-bond donors (Lipinski definition) is 0. The van der Waals surface area contributed by atoms with E-state index in [1.54, 1.807) is 23.1 Å². The molecule has 0 N–H and O–H groups in total. The lowest BCUT2D eigenvalue weighted by Gasteiger charge is -2.28. The van der Waals surface area contributed by atoms with Crippen LogP contribution in [0.25, 0.3) is 0 Å². The Labute approximate surface area is 124 Å². The molecular weight excluding hydrogens is 341 g/mol. The molecule has 1 fully saturated rings. The molecule has 1 saturated heterocycles. The molecule has 6 heteroatoms. The molecule has 1 aromatic rings. The highest BCUT2D eigenvalue weighted by Gasteiger charge is 2.25. The van der Waals surface area contributed by atoms with Gasteiger partial charge in [0.25, 0.3) is 0 Å². The van der Waals surface area contributed by atoms with Gasteiger partial charge in [0.15, 0.2) is 0 Å². The largest absolute Gasteiger partial charge is 0.378 e. The fourth-order valence-electron chi connectivity index (χ4n) is 1.76. The molecular formula is C12H12BrCl2NO2. The van der Waals surface area contributed by atoms with E-state index in [2.05, 4.69) is 15.9 Å². The molecule has 18 heavy (non-hydrogen) atoms. The summed E-state index contributed by atoms with van der Waals surface area (Å²) < 4.78 is 5.99. The lowest BCUT2D eigenvalue weighted by molar-refractivity contribution is -0.134. The summed E-state index contributed by atoms with van der Waals surface area (Å²) in [4.78, 5) is 13.9. The van der Waals surface area contributed by atoms with Crippen molar-refractivity contribution in [3.05, 3.63) is 33.3 Å². The number of rotatable bonds is 2. The van der Waals surface area contributed by atoms with Crippen LogP contribution in [0.1, 0.15) is 10.9 Å². The molecule has 0 aromatic heterocycles. The first-order valence-corrected chi connectivity index (χ1v) is 7.16. The minimum absolute atomic E-state index is 0.0987. The first-order chi connectivity index (χ1) is 8.59. The Balaban J connectivity index is 2.11. The summed E-state index contributed by atoms with van der Waals surface area (Å²) in [6, 6.07) is 5.30. The Hall–Kier alpha value is -0.290. The van der Waals surface area contributed by atoms with E-state index in [-0.39, 0.29) is 5.91 Å². The molecule has 0 spiro atoms. The smallest absolute Gasteiger partial charge is 0.245 e. The average molecular weight is 353 g/mol. The zero-order chi connectivity index (χ0) is 13.1. The number of carbonyl (C=O) groups excluding carboxylic acids is 1. The first kappa shape index (κ1) is 14.1. The lowest BCUT2D eigenvalue weighted by atomic mass is 10.1. The van der Waals surface area contributed by atoms with Crippen LogP contribution in [-0.4, -0.2) is 37.1 Å². The van der Waals surface area contributed by atoms with E-state index in [1.165, 1.54) is 0 Å². The van der Waals surface area contributed by atoms with E-state index in [4.69, 9.17) is 27.9 Å². The molecule has 1 aromatic carbocycles. The van der Waals surface area contributed by atoms with E-state index < -0.39 is 5.38 Å². The van der Waals surface area contributed by atoms with Gasteiger partial charge in [-0.25, -0.2) is 0 Å². The van der Waals surface area contributed by atoms with Crippen LogP contribution in [0, 0.1) is 0 Å². The molecule has 0 saturated carbocycles. The van der Waals surface area contributed by atoms with Crippen molar-refractivity contribution < 1.29 is 9.53 Å². The van der Waals surface area contributed by atoms with Crippen LogP contribution in [0.5, 0.6) is 0 Å². The van der Waals surface area contributed by atoms with Gasteiger partial charge in [0.05, 0.1) is 18.2 Å². The van der Waals surface area contributed by atoms with Crippen LogP contribution >= 0.6 is 39.1 Å². The molecule has 1 atom stereocenters. The van der Waals surface area contributed by atoms with Crippen LogP contribution in [-0.2, 0) is 9.53 Å². The molecule has 1 amide bonds. The van der Waals surface area contributed by atoms with Crippen LogP contribution < -0.4 is 0 Å². The van der Waals surface area contributed by atoms with Crippen LogP contribution in [0.2, 0.25) is 5.02 Å². The van der Waals surface area contributed by atoms with E-state index in [0.29, 0.717) is 36.9 Å². The number of carbonyl (C=O) groups is 1. The third-order valence-corrected chi connectivity index (χ3v) is 4.45. The maximum atomic E-state index is 12.2. The number of nitrogens with zero attached hydrogens (tertiary/aromatic N) is 1. The number of ether oxygens (including phenoxy) is 1. The zero-order valence-electron chi connectivity index (χ0n) is 9.54. The van der Waals surface area contributed by atoms with Crippen LogP contribution in [0.3, 0.4) is 0 Å². The minimum Gasteiger partial charge on any atom is -0.378 e. The number of morpholine rings is 1. The minimum atomic E-state index is -0.700. The predicted octanol–water partition coefficient (Wildman–Crippen LogP) is 3.24. The van der Waals surface area contributed by atoms with Crippen molar-refractivity contribution in [1.29, 1.82) is 0 Å². The summed E-state index contributed by atoms with van der Waals surface area (Å²) in [6.45, 7) is 2.31. The van der Waals surface area contributed by atoms with Crippen molar-refractivity contribution in [3.63, 3.8) is 0 Å². The van der Waals surface area contributed by atoms with Crippen molar-refractivity contribution in [3.8, 4) is 0 Å². The highest BCUT2D eigenvalue weighted by atomic mass is 79.9. The van der Waals surface area contributed by atoms with Gasteiger partial charge in [-0.2, -0.15) is 0 Å². The molecule has 0 aliphatic carbocycles. The summed E-state index contributed by atoms with van der Waals surface area (Å²) in [5, 5.41) is -0.151. The summed E-state index contributed by atoms with van der Waals surface area (Å²) in [6.07, 6.45) is 0. The fraction of sp³-hybridized carbons (Fsp3) is 0.417. The van der Waals surface area contributed by atoms with Crippen molar-refractivity contribution in [2.75, 3.05) is 26.3 Å². The highest BCUT2D eigenvalue weighted by Crippen LogP contribution is 2.30. The molecule has 1 aliphatic heterocycles. The second-order valence-corrected chi connectivity index (χ2v) is 5.67. The van der Waals surface area contributed by atoms with E-state index in [0.717, 1.165) is 4.47 Å². The summed E-state index contributed by atoms with van der Waals surface area (Å²) in [7, 11) is 0. The second kappa shape index (κ2) is 6.24. The maximum absolute atomic E-state index is 12.2. The topological polar surface area (TPSA) is 29.5 Å².